The maximum atomic E-state index is 11.5. The molecule has 0 aliphatic carbocycles. The molecule has 222 valence electrons. The van der Waals surface area contributed by atoms with Crippen molar-refractivity contribution in [3.8, 4) is 11.3 Å². The smallest absolute Gasteiger partial charge is 0.245 e. The Morgan fingerprint density at radius 3 is 2.45 bits per heavy atom. The number of hydrogen-bond acceptors (Lipinski definition) is 7. The Labute approximate surface area is 250 Å². The number of anilines is 3. The van der Waals surface area contributed by atoms with E-state index in [2.05, 4.69) is 56.3 Å². The van der Waals surface area contributed by atoms with Crippen molar-refractivity contribution in [3.05, 3.63) is 72.4 Å². The van der Waals surface area contributed by atoms with Gasteiger partial charge in [-0.3, -0.25) is 4.55 Å². The number of benzene rings is 2. The third-order valence-electron chi connectivity index (χ3n) is 8.57. The zero-order valence-corrected chi connectivity index (χ0v) is 25.2. The van der Waals surface area contributed by atoms with Gasteiger partial charge in [0, 0.05) is 76.3 Å². The summed E-state index contributed by atoms with van der Waals surface area (Å²) < 4.78 is 24.3. The molecule has 1 unspecified atom stereocenters. The molecular formula is C31H40N8O2S. The van der Waals surface area contributed by atoms with Gasteiger partial charge in [0.05, 0.1) is 17.4 Å². The van der Waals surface area contributed by atoms with E-state index in [0.29, 0.717) is 12.5 Å². The quantitative estimate of drug-likeness (QED) is 0.282. The molecule has 4 aromatic rings. The van der Waals surface area contributed by atoms with Crippen LogP contribution >= 0.6 is 0 Å². The van der Waals surface area contributed by atoms with Crippen molar-refractivity contribution >= 4 is 34.1 Å². The highest BCUT2D eigenvalue weighted by molar-refractivity contribution is 7.76. The predicted octanol–water partition coefficient (Wildman–Crippen LogP) is 4.17. The fourth-order valence-corrected chi connectivity index (χ4v) is 6.27. The maximum Gasteiger partial charge on any atom is 0.245 e. The molecule has 0 radical (unpaired) electrons. The van der Waals surface area contributed by atoms with E-state index < -0.39 is 11.3 Å². The van der Waals surface area contributed by atoms with Crippen molar-refractivity contribution in [1.29, 1.82) is 0 Å². The van der Waals surface area contributed by atoms with Gasteiger partial charge in [-0.25, -0.2) is 13.7 Å². The zero-order valence-electron chi connectivity index (χ0n) is 24.4. The lowest BCUT2D eigenvalue weighted by Crippen LogP contribution is -2.47. The third kappa shape index (κ3) is 6.66. The molecule has 2 N–H and O–H groups in total. The summed E-state index contributed by atoms with van der Waals surface area (Å²) in [4.78, 5) is 12.1. The molecule has 2 aromatic carbocycles. The molecule has 0 bridgehead atoms. The van der Waals surface area contributed by atoms with Crippen molar-refractivity contribution in [2.24, 2.45) is 5.92 Å². The predicted molar refractivity (Wildman–Crippen MR) is 169 cm³/mol. The van der Waals surface area contributed by atoms with Gasteiger partial charge in [-0.2, -0.15) is 4.31 Å². The zero-order chi connectivity index (χ0) is 29.1. The van der Waals surface area contributed by atoms with E-state index in [-0.39, 0.29) is 0 Å². The first kappa shape index (κ1) is 28.8. The normalized spacial score (nSPS) is 18.1. The number of aromatic nitrogens is 3. The standard InChI is InChI=1S/C31H40N8O2S/c1-35-17-19-37(20-18-35)22-24-13-15-38(16-14-24)27-9-7-26(8-10-27)33-31-32-21-28-11-12-30(39(28)34-31)29-6-4-3-5-25(29)23-36(2)42(40)41/h3-12,21,24H,13-20,22-23H2,1-2H3,(H,33,34)(H,40,41). The Balaban J connectivity index is 1.10. The van der Waals surface area contributed by atoms with Gasteiger partial charge >= 0.3 is 0 Å². The molecule has 10 nitrogen and oxygen atoms in total. The fraction of sp³-hybridized carbons (Fsp3) is 0.419. The van der Waals surface area contributed by atoms with Gasteiger partial charge in [0.1, 0.15) is 0 Å². The highest BCUT2D eigenvalue weighted by atomic mass is 32.2. The van der Waals surface area contributed by atoms with Gasteiger partial charge in [-0.1, -0.05) is 24.3 Å². The summed E-state index contributed by atoms with van der Waals surface area (Å²) in [6.45, 7) is 8.56. The molecule has 11 heteroatoms. The van der Waals surface area contributed by atoms with Crippen molar-refractivity contribution < 1.29 is 8.76 Å². The van der Waals surface area contributed by atoms with Crippen LogP contribution in [0.1, 0.15) is 18.4 Å². The number of fused-ring (bicyclic) bond motifs is 1. The monoisotopic (exact) mass is 588 g/mol. The van der Waals surface area contributed by atoms with Crippen molar-refractivity contribution in [2.75, 3.05) is 70.1 Å². The second-order valence-electron chi connectivity index (χ2n) is 11.5. The molecule has 2 aliphatic heterocycles. The van der Waals surface area contributed by atoms with Crippen LogP contribution in [0.15, 0.2) is 66.9 Å². The van der Waals surface area contributed by atoms with Crippen LogP contribution in [-0.4, -0.2) is 97.4 Å². The van der Waals surface area contributed by atoms with E-state index in [4.69, 9.17) is 5.10 Å². The Bertz CT molecular complexity index is 1510. The van der Waals surface area contributed by atoms with Gasteiger partial charge in [0.25, 0.3) is 0 Å². The first-order valence-electron chi connectivity index (χ1n) is 14.7. The number of piperidine rings is 1. The van der Waals surface area contributed by atoms with E-state index in [1.54, 1.807) is 13.2 Å². The molecule has 4 heterocycles. The number of piperazine rings is 1. The minimum atomic E-state index is -2.04. The molecule has 2 aliphatic rings. The summed E-state index contributed by atoms with van der Waals surface area (Å²) in [5, 5.41) is 8.15. The van der Waals surface area contributed by atoms with Crippen LogP contribution < -0.4 is 10.2 Å². The summed E-state index contributed by atoms with van der Waals surface area (Å²) in [6, 6.07) is 20.4. The van der Waals surface area contributed by atoms with Crippen LogP contribution in [0.5, 0.6) is 0 Å². The van der Waals surface area contributed by atoms with Gasteiger partial charge in [0.15, 0.2) is 0 Å². The highest BCUT2D eigenvalue weighted by Gasteiger charge is 2.23. The van der Waals surface area contributed by atoms with Crippen LogP contribution in [0.4, 0.5) is 17.3 Å². The maximum absolute atomic E-state index is 11.5. The lowest BCUT2D eigenvalue weighted by atomic mass is 9.95. The molecular weight excluding hydrogens is 548 g/mol. The molecule has 6 rings (SSSR count). The fourth-order valence-electron chi connectivity index (χ4n) is 6.02. The van der Waals surface area contributed by atoms with E-state index in [0.717, 1.165) is 47.0 Å². The first-order chi connectivity index (χ1) is 20.4. The summed E-state index contributed by atoms with van der Waals surface area (Å²) in [7, 11) is 3.84. The minimum absolute atomic E-state index is 0.336. The lowest BCUT2D eigenvalue weighted by Gasteiger charge is -2.38. The van der Waals surface area contributed by atoms with Crippen LogP contribution in [0.2, 0.25) is 0 Å². The Morgan fingerprint density at radius 2 is 1.71 bits per heavy atom. The van der Waals surface area contributed by atoms with Crippen LogP contribution in [0, 0.1) is 5.92 Å². The summed E-state index contributed by atoms with van der Waals surface area (Å²) in [5.74, 6) is 1.30. The van der Waals surface area contributed by atoms with E-state index in [1.807, 2.05) is 40.9 Å². The topological polar surface area (TPSA) is 92.5 Å². The van der Waals surface area contributed by atoms with Crippen LogP contribution in [0.25, 0.3) is 16.8 Å². The molecule has 1 atom stereocenters. The summed E-state index contributed by atoms with van der Waals surface area (Å²) >= 11 is -2.04. The number of likely N-dealkylation sites (N-methyl/N-ethyl adjacent to an activating group) is 1. The summed E-state index contributed by atoms with van der Waals surface area (Å²) in [6.07, 6.45) is 4.30. The van der Waals surface area contributed by atoms with Crippen molar-refractivity contribution in [1.82, 2.24) is 28.7 Å². The number of nitrogens with zero attached hydrogens (tertiary/aromatic N) is 7. The molecule has 0 spiro atoms. The van der Waals surface area contributed by atoms with E-state index in [9.17, 15) is 8.76 Å². The van der Waals surface area contributed by atoms with Gasteiger partial charge in [-0.15, -0.1) is 5.10 Å². The number of nitrogens with one attached hydrogen (secondary N) is 1. The number of rotatable bonds is 9. The Morgan fingerprint density at radius 1 is 0.976 bits per heavy atom. The van der Waals surface area contributed by atoms with Crippen LogP contribution in [0.3, 0.4) is 0 Å². The average Bonchev–Trinajstić information content (AvgIpc) is 3.42. The van der Waals surface area contributed by atoms with Crippen molar-refractivity contribution in [3.63, 3.8) is 0 Å². The summed E-state index contributed by atoms with van der Waals surface area (Å²) in [5.41, 5.74) is 5.85. The lowest BCUT2D eigenvalue weighted by molar-refractivity contribution is 0.129. The molecule has 0 amide bonds. The van der Waals surface area contributed by atoms with E-state index in [1.165, 1.54) is 55.6 Å². The third-order valence-corrected chi connectivity index (χ3v) is 9.23. The van der Waals surface area contributed by atoms with E-state index >= 15 is 0 Å². The van der Waals surface area contributed by atoms with Gasteiger partial charge in [0.2, 0.25) is 17.2 Å². The minimum Gasteiger partial charge on any atom is -0.372 e. The second kappa shape index (κ2) is 12.9. The Kier molecular flexibility index (Phi) is 8.82. The molecule has 2 saturated heterocycles. The second-order valence-corrected chi connectivity index (χ2v) is 12.6. The Hall–Kier alpha value is -3.35. The molecule has 0 saturated carbocycles. The molecule has 2 fully saturated rings. The van der Waals surface area contributed by atoms with Crippen molar-refractivity contribution in [2.45, 2.75) is 19.4 Å². The SMILES string of the molecule is CN1CCN(CC2CCN(c3ccc(Nc4ncc5ccc(-c6ccccc6CN(C)S(=O)O)n5n4)cc3)CC2)CC1. The average molecular weight is 589 g/mol. The highest BCUT2D eigenvalue weighted by Crippen LogP contribution is 2.28. The largest absolute Gasteiger partial charge is 0.372 e. The molecule has 2 aromatic heterocycles. The molecule has 42 heavy (non-hydrogen) atoms. The number of hydrogen-bond donors (Lipinski definition) is 2. The van der Waals surface area contributed by atoms with Gasteiger partial charge in [-0.05, 0) is 67.8 Å². The van der Waals surface area contributed by atoms with Crippen LogP contribution in [-0.2, 0) is 17.8 Å². The first-order valence-corrected chi connectivity index (χ1v) is 15.8. The van der Waals surface area contributed by atoms with Gasteiger partial charge < -0.3 is 20.0 Å².